The van der Waals surface area contributed by atoms with E-state index in [0.717, 1.165) is 22.4 Å². The molecule has 0 spiro atoms. The second-order valence-electron chi connectivity index (χ2n) is 5.62. The Morgan fingerprint density at radius 2 is 2.04 bits per heavy atom. The molecular formula is C18H17FN2O3S. The second-order valence-corrected chi connectivity index (χ2v) is 6.82. The lowest BCUT2D eigenvalue weighted by Crippen LogP contribution is -2.25. The van der Waals surface area contributed by atoms with Gasteiger partial charge in [0.15, 0.2) is 0 Å². The Bertz CT molecular complexity index is 976. The molecule has 130 valence electrons. The minimum atomic E-state index is -0.472. The molecule has 0 amide bonds. The molecule has 3 rings (SSSR count). The molecule has 0 radical (unpaired) electrons. The highest BCUT2D eigenvalue weighted by Crippen LogP contribution is 2.35. The summed E-state index contributed by atoms with van der Waals surface area (Å²) in [6, 6.07) is 5.98. The fraction of sp³-hybridized carbons (Fsp3) is 0.278. The Morgan fingerprint density at radius 1 is 1.32 bits per heavy atom. The van der Waals surface area contributed by atoms with Gasteiger partial charge in [-0.2, -0.15) is 0 Å². The monoisotopic (exact) mass is 360 g/mol. The van der Waals surface area contributed by atoms with Crippen LogP contribution in [0, 0.1) is 12.7 Å². The van der Waals surface area contributed by atoms with Crippen molar-refractivity contribution in [2.24, 2.45) is 0 Å². The van der Waals surface area contributed by atoms with E-state index in [-0.39, 0.29) is 17.9 Å². The molecule has 2 aromatic heterocycles. The van der Waals surface area contributed by atoms with E-state index >= 15 is 0 Å². The topological polar surface area (TPSA) is 61.2 Å². The van der Waals surface area contributed by atoms with Gasteiger partial charge in [-0.3, -0.25) is 14.2 Å². The highest BCUT2D eigenvalue weighted by molar-refractivity contribution is 7.19. The summed E-state index contributed by atoms with van der Waals surface area (Å²) in [7, 11) is 0. The first kappa shape index (κ1) is 17.3. The van der Waals surface area contributed by atoms with Crippen LogP contribution in [-0.2, 0) is 16.1 Å². The summed E-state index contributed by atoms with van der Waals surface area (Å²) in [4.78, 5) is 30.5. The number of carbonyl (C=O) groups is 1. The van der Waals surface area contributed by atoms with E-state index in [2.05, 4.69) is 4.98 Å². The van der Waals surface area contributed by atoms with Gasteiger partial charge in [-0.25, -0.2) is 9.37 Å². The van der Waals surface area contributed by atoms with E-state index in [4.69, 9.17) is 4.74 Å². The van der Waals surface area contributed by atoms with E-state index in [9.17, 15) is 14.0 Å². The number of hydrogen-bond acceptors (Lipinski definition) is 5. The zero-order valence-electron chi connectivity index (χ0n) is 13.9. The van der Waals surface area contributed by atoms with Crippen LogP contribution in [0.3, 0.4) is 0 Å². The van der Waals surface area contributed by atoms with Crippen LogP contribution in [0.15, 0.2) is 35.4 Å². The van der Waals surface area contributed by atoms with Crippen molar-refractivity contribution < 1.29 is 13.9 Å². The largest absolute Gasteiger partial charge is 0.464 e. The quantitative estimate of drug-likeness (QED) is 0.653. The van der Waals surface area contributed by atoms with Crippen molar-refractivity contribution in [3.05, 3.63) is 51.6 Å². The van der Waals surface area contributed by atoms with Gasteiger partial charge in [0.1, 0.15) is 17.2 Å². The number of rotatable bonds is 5. The van der Waals surface area contributed by atoms with Crippen molar-refractivity contribution >= 4 is 27.5 Å². The first-order valence-electron chi connectivity index (χ1n) is 7.91. The van der Waals surface area contributed by atoms with Crippen molar-refractivity contribution in [1.29, 1.82) is 0 Å². The van der Waals surface area contributed by atoms with Crippen LogP contribution in [0.25, 0.3) is 21.3 Å². The van der Waals surface area contributed by atoms with Crippen molar-refractivity contribution in [3.63, 3.8) is 0 Å². The van der Waals surface area contributed by atoms with E-state index in [1.807, 2.05) is 13.8 Å². The van der Waals surface area contributed by atoms with Gasteiger partial charge >= 0.3 is 5.97 Å². The Kier molecular flexibility index (Phi) is 4.94. The molecule has 0 aliphatic rings. The van der Waals surface area contributed by atoms with Gasteiger partial charge < -0.3 is 4.74 Å². The predicted octanol–water partition coefficient (Wildman–Crippen LogP) is 3.53. The van der Waals surface area contributed by atoms with Gasteiger partial charge in [0.05, 0.1) is 18.3 Å². The smallest absolute Gasteiger partial charge is 0.326 e. The maximum absolute atomic E-state index is 13.2. The summed E-state index contributed by atoms with van der Waals surface area (Å²) < 4.78 is 19.5. The summed E-state index contributed by atoms with van der Waals surface area (Å²) in [5, 5.41) is 0.444. The van der Waals surface area contributed by atoms with Gasteiger partial charge in [0, 0.05) is 10.4 Å². The summed E-state index contributed by atoms with van der Waals surface area (Å²) >= 11 is 1.40. The molecule has 7 heteroatoms. The zero-order chi connectivity index (χ0) is 18.0. The molecule has 0 bridgehead atoms. The highest BCUT2D eigenvalue weighted by atomic mass is 32.1. The summed E-state index contributed by atoms with van der Waals surface area (Å²) in [5.74, 6) is -0.810. The molecule has 3 aromatic rings. The van der Waals surface area contributed by atoms with Crippen LogP contribution in [0.2, 0.25) is 0 Å². The van der Waals surface area contributed by atoms with Crippen molar-refractivity contribution in [2.75, 3.05) is 6.61 Å². The van der Waals surface area contributed by atoms with Gasteiger partial charge in [0.2, 0.25) is 0 Å². The van der Waals surface area contributed by atoms with Gasteiger partial charge in [-0.05, 0) is 31.0 Å². The summed E-state index contributed by atoms with van der Waals surface area (Å²) in [6.07, 6.45) is 2.08. The Labute approximate surface area is 147 Å². The lowest BCUT2D eigenvalue weighted by Gasteiger charge is -2.07. The Hall–Kier alpha value is -2.54. The highest BCUT2D eigenvalue weighted by Gasteiger charge is 2.18. The van der Waals surface area contributed by atoms with Gasteiger partial charge in [0.25, 0.3) is 5.56 Å². The van der Waals surface area contributed by atoms with Gasteiger partial charge in [-0.15, -0.1) is 11.3 Å². The number of hydrogen-bond donors (Lipinski definition) is 0. The summed E-state index contributed by atoms with van der Waals surface area (Å²) in [5.41, 5.74) is 1.17. The molecule has 0 atom stereocenters. The third-order valence-electron chi connectivity index (χ3n) is 3.75. The van der Waals surface area contributed by atoms with Crippen molar-refractivity contribution in [1.82, 2.24) is 9.55 Å². The average molecular weight is 360 g/mol. The average Bonchev–Trinajstić information content (AvgIpc) is 2.93. The molecule has 25 heavy (non-hydrogen) atoms. The Morgan fingerprint density at radius 3 is 2.72 bits per heavy atom. The first-order chi connectivity index (χ1) is 12.0. The third kappa shape index (κ3) is 3.46. The van der Waals surface area contributed by atoms with Gasteiger partial charge in [-0.1, -0.05) is 19.1 Å². The second kappa shape index (κ2) is 7.14. The maximum Gasteiger partial charge on any atom is 0.326 e. The number of ether oxygens (including phenoxy) is 1. The first-order valence-corrected chi connectivity index (χ1v) is 8.73. The molecule has 1 aromatic carbocycles. The molecule has 0 saturated heterocycles. The number of nitrogens with zero attached hydrogens (tertiary/aromatic N) is 2. The van der Waals surface area contributed by atoms with Crippen LogP contribution in [0.1, 0.15) is 18.2 Å². The predicted molar refractivity (Wildman–Crippen MR) is 95.3 cm³/mol. The van der Waals surface area contributed by atoms with E-state index in [1.54, 1.807) is 12.1 Å². The van der Waals surface area contributed by atoms with E-state index in [1.165, 1.54) is 34.4 Å². The molecule has 0 aliphatic heterocycles. The molecule has 0 aliphatic carbocycles. The number of fused-ring (bicyclic) bond motifs is 1. The lowest BCUT2D eigenvalue weighted by atomic mass is 10.0. The number of aromatic nitrogens is 2. The normalized spacial score (nSPS) is 11.0. The SMILES string of the molecule is CCCOC(=O)Cn1cnc2sc(C)c(-c3ccc(F)cc3)c2c1=O. The molecule has 5 nitrogen and oxygen atoms in total. The number of benzene rings is 1. The van der Waals surface area contributed by atoms with Crippen LogP contribution < -0.4 is 5.56 Å². The van der Waals surface area contributed by atoms with Crippen LogP contribution in [-0.4, -0.2) is 22.1 Å². The molecule has 0 unspecified atom stereocenters. The molecule has 2 heterocycles. The number of thiophene rings is 1. The maximum atomic E-state index is 13.2. The third-order valence-corrected chi connectivity index (χ3v) is 4.77. The van der Waals surface area contributed by atoms with Crippen molar-refractivity contribution in [2.45, 2.75) is 26.8 Å². The standard InChI is InChI=1S/C18H17FN2O3S/c1-3-8-24-14(22)9-21-10-20-17-16(18(21)23)15(11(2)25-17)12-4-6-13(19)7-5-12/h4-7,10H,3,8-9H2,1-2H3. The molecule has 0 saturated carbocycles. The van der Waals surface area contributed by atoms with Crippen LogP contribution in [0.4, 0.5) is 4.39 Å². The number of esters is 1. The van der Waals surface area contributed by atoms with E-state index in [0.29, 0.717) is 16.8 Å². The van der Waals surface area contributed by atoms with Crippen molar-refractivity contribution in [3.8, 4) is 11.1 Å². The molecular weight excluding hydrogens is 343 g/mol. The summed E-state index contributed by atoms with van der Waals surface area (Å²) in [6.45, 7) is 3.93. The molecule has 0 fully saturated rings. The number of aryl methyl sites for hydroxylation is 1. The minimum Gasteiger partial charge on any atom is -0.464 e. The Balaban J connectivity index is 2.08. The number of carbonyl (C=O) groups excluding carboxylic acids is 1. The lowest BCUT2D eigenvalue weighted by molar-refractivity contribution is -0.144. The zero-order valence-corrected chi connectivity index (χ0v) is 14.7. The number of halogens is 1. The van der Waals surface area contributed by atoms with Crippen LogP contribution >= 0.6 is 11.3 Å². The fourth-order valence-corrected chi connectivity index (χ4v) is 3.62. The van der Waals surface area contributed by atoms with E-state index < -0.39 is 5.97 Å². The molecule has 0 N–H and O–H groups in total. The fourth-order valence-electron chi connectivity index (χ4n) is 2.61. The minimum absolute atomic E-state index is 0.181. The van der Waals surface area contributed by atoms with Crippen LogP contribution in [0.5, 0.6) is 0 Å².